The Labute approximate surface area is 205 Å². The lowest BCUT2D eigenvalue weighted by atomic mass is 10.1. The van der Waals surface area contributed by atoms with Crippen LogP contribution in [0.5, 0.6) is 0 Å². The fourth-order valence-electron chi connectivity index (χ4n) is 3.31. The fourth-order valence-corrected chi connectivity index (χ4v) is 5.62. The summed E-state index contributed by atoms with van der Waals surface area (Å²) in [7, 11) is -2.41. The summed E-state index contributed by atoms with van der Waals surface area (Å²) in [5.74, 6) is -0.368. The maximum absolute atomic E-state index is 13.3. The Bertz CT molecular complexity index is 1470. The van der Waals surface area contributed by atoms with Gasteiger partial charge in [-0.2, -0.15) is 8.75 Å². The lowest BCUT2D eigenvalue weighted by Crippen LogP contribution is -2.28. The van der Waals surface area contributed by atoms with Gasteiger partial charge < -0.3 is 4.90 Å². The molecule has 1 N–H and O–H groups in total. The predicted molar refractivity (Wildman–Crippen MR) is 132 cm³/mol. The number of hydrogen-bond donors (Lipinski definition) is 1. The molecular formula is C22H18Cl2N4O3S2. The minimum atomic E-state index is -4.03. The van der Waals surface area contributed by atoms with Crippen LogP contribution in [0, 0.1) is 6.92 Å². The summed E-state index contributed by atoms with van der Waals surface area (Å²) in [5.41, 5.74) is 2.66. The molecule has 0 atom stereocenters. The van der Waals surface area contributed by atoms with Crippen molar-refractivity contribution >= 4 is 67.6 Å². The van der Waals surface area contributed by atoms with Crippen molar-refractivity contribution in [3.05, 3.63) is 81.3 Å². The molecule has 0 spiro atoms. The van der Waals surface area contributed by atoms with E-state index in [0.717, 1.165) is 17.3 Å². The molecule has 7 nitrogen and oxygen atoms in total. The van der Waals surface area contributed by atoms with Crippen molar-refractivity contribution in [3.63, 3.8) is 0 Å². The zero-order chi connectivity index (χ0) is 23.8. The number of amides is 1. The van der Waals surface area contributed by atoms with E-state index in [0.29, 0.717) is 21.1 Å². The Hall–Kier alpha value is -2.72. The van der Waals surface area contributed by atoms with Crippen molar-refractivity contribution in [1.29, 1.82) is 0 Å². The number of aryl methyl sites for hydroxylation is 1. The van der Waals surface area contributed by atoms with Gasteiger partial charge in [0.1, 0.15) is 15.9 Å². The van der Waals surface area contributed by atoms with E-state index in [9.17, 15) is 13.2 Å². The van der Waals surface area contributed by atoms with Crippen LogP contribution in [-0.2, 0) is 16.6 Å². The Kier molecular flexibility index (Phi) is 6.58. The van der Waals surface area contributed by atoms with Crippen LogP contribution in [0.3, 0.4) is 0 Å². The molecule has 0 aliphatic carbocycles. The number of nitrogens with one attached hydrogen (secondary N) is 1. The number of halogens is 2. The molecule has 33 heavy (non-hydrogen) atoms. The number of anilines is 1. The number of sulfonamides is 1. The fraction of sp³-hybridized carbons (Fsp3) is 0.136. The van der Waals surface area contributed by atoms with Crippen LogP contribution in [-0.4, -0.2) is 35.0 Å². The van der Waals surface area contributed by atoms with Crippen molar-refractivity contribution < 1.29 is 13.2 Å². The standard InChI is InChI=1S/C22H18Cl2N4O3S2/c1-13-6-9-16(22(29)28(2)12-14-7-8-15(23)11-17(14)24)19(10-13)27-33(30,31)20-5-3-4-18-21(20)26-32-25-18/h3-11,27H,12H2,1-2H3. The number of aromatic nitrogens is 2. The first kappa shape index (κ1) is 23.4. The minimum Gasteiger partial charge on any atom is -0.337 e. The maximum Gasteiger partial charge on any atom is 0.264 e. The molecule has 1 heterocycles. The Balaban J connectivity index is 1.66. The van der Waals surface area contributed by atoms with Crippen molar-refractivity contribution in [3.8, 4) is 0 Å². The van der Waals surface area contributed by atoms with Crippen LogP contribution in [0.15, 0.2) is 59.5 Å². The van der Waals surface area contributed by atoms with Gasteiger partial charge in [-0.1, -0.05) is 41.4 Å². The number of fused-ring (bicyclic) bond motifs is 1. The number of nitrogens with zero attached hydrogens (tertiary/aromatic N) is 3. The molecule has 0 saturated heterocycles. The molecule has 11 heteroatoms. The van der Waals surface area contributed by atoms with Crippen molar-refractivity contribution in [1.82, 2.24) is 13.6 Å². The largest absolute Gasteiger partial charge is 0.337 e. The average molecular weight is 521 g/mol. The van der Waals surface area contributed by atoms with E-state index in [-0.39, 0.29) is 34.1 Å². The van der Waals surface area contributed by atoms with Gasteiger partial charge in [-0.15, -0.1) is 0 Å². The molecule has 4 rings (SSSR count). The van der Waals surface area contributed by atoms with E-state index in [1.165, 1.54) is 11.0 Å². The van der Waals surface area contributed by atoms with Gasteiger partial charge in [0.15, 0.2) is 0 Å². The second-order valence-electron chi connectivity index (χ2n) is 7.44. The van der Waals surface area contributed by atoms with E-state index in [4.69, 9.17) is 23.2 Å². The van der Waals surface area contributed by atoms with Crippen molar-refractivity contribution in [2.45, 2.75) is 18.4 Å². The van der Waals surface area contributed by atoms with Crippen LogP contribution < -0.4 is 4.72 Å². The average Bonchev–Trinajstić information content (AvgIpc) is 3.24. The lowest BCUT2D eigenvalue weighted by molar-refractivity contribution is 0.0786. The molecule has 0 aliphatic rings. The topological polar surface area (TPSA) is 92.3 Å². The normalized spacial score (nSPS) is 11.5. The summed E-state index contributed by atoms with van der Waals surface area (Å²) in [5, 5.41) is 0.940. The molecule has 1 aromatic heterocycles. The molecule has 0 aliphatic heterocycles. The van der Waals surface area contributed by atoms with Gasteiger partial charge >= 0.3 is 0 Å². The second kappa shape index (κ2) is 9.26. The van der Waals surface area contributed by atoms with Gasteiger partial charge in [-0.3, -0.25) is 9.52 Å². The van der Waals surface area contributed by atoms with Crippen molar-refractivity contribution in [2.75, 3.05) is 11.8 Å². The van der Waals surface area contributed by atoms with Crippen LogP contribution >= 0.6 is 34.9 Å². The summed E-state index contributed by atoms with van der Waals surface area (Å²) in [4.78, 5) is 14.7. The van der Waals surface area contributed by atoms with E-state index in [1.54, 1.807) is 55.6 Å². The predicted octanol–water partition coefficient (Wildman–Crippen LogP) is 5.38. The second-order valence-corrected chi connectivity index (χ2v) is 10.5. The van der Waals surface area contributed by atoms with Gasteiger partial charge in [-0.25, -0.2) is 8.42 Å². The number of rotatable bonds is 6. The van der Waals surface area contributed by atoms with Gasteiger partial charge in [-0.05, 0) is 54.4 Å². The Morgan fingerprint density at radius 1 is 1.09 bits per heavy atom. The molecule has 3 aromatic carbocycles. The summed E-state index contributed by atoms with van der Waals surface area (Å²) in [6.07, 6.45) is 0. The lowest BCUT2D eigenvalue weighted by Gasteiger charge is -2.21. The van der Waals surface area contributed by atoms with Crippen LogP contribution in [0.25, 0.3) is 11.0 Å². The molecule has 0 fully saturated rings. The molecule has 1 amide bonds. The van der Waals surface area contributed by atoms with Crippen LogP contribution in [0.2, 0.25) is 10.0 Å². The molecule has 0 unspecified atom stereocenters. The Morgan fingerprint density at radius 3 is 2.64 bits per heavy atom. The quantitative estimate of drug-likeness (QED) is 0.368. The summed E-state index contributed by atoms with van der Waals surface area (Å²) < 4.78 is 37.2. The van der Waals surface area contributed by atoms with Crippen LogP contribution in [0.1, 0.15) is 21.5 Å². The zero-order valence-electron chi connectivity index (χ0n) is 17.5. The number of benzene rings is 3. The van der Waals surface area contributed by atoms with Crippen molar-refractivity contribution in [2.24, 2.45) is 0 Å². The molecule has 170 valence electrons. The summed E-state index contributed by atoms with van der Waals surface area (Å²) in [6.45, 7) is 2.03. The summed E-state index contributed by atoms with van der Waals surface area (Å²) in [6, 6.07) is 14.8. The van der Waals surface area contributed by atoms with E-state index < -0.39 is 10.0 Å². The van der Waals surface area contributed by atoms with Gasteiger partial charge in [0, 0.05) is 23.6 Å². The third kappa shape index (κ3) is 4.96. The molecule has 0 saturated carbocycles. The number of carbonyl (C=O) groups is 1. The third-order valence-corrected chi connectivity index (χ3v) is 7.48. The SMILES string of the molecule is Cc1ccc(C(=O)N(C)Cc2ccc(Cl)cc2Cl)c(NS(=O)(=O)c2cccc3nsnc23)c1. The highest BCUT2D eigenvalue weighted by molar-refractivity contribution is 7.93. The number of hydrogen-bond acceptors (Lipinski definition) is 6. The van der Waals surface area contributed by atoms with Gasteiger partial charge in [0.05, 0.1) is 23.0 Å². The monoisotopic (exact) mass is 520 g/mol. The maximum atomic E-state index is 13.3. The van der Waals surface area contributed by atoms with E-state index in [2.05, 4.69) is 13.5 Å². The highest BCUT2D eigenvalue weighted by Gasteiger charge is 2.24. The first-order chi connectivity index (χ1) is 15.7. The van der Waals surface area contributed by atoms with E-state index >= 15 is 0 Å². The first-order valence-electron chi connectivity index (χ1n) is 9.70. The molecule has 0 bridgehead atoms. The molecule has 4 aromatic rings. The molecule has 0 radical (unpaired) electrons. The van der Waals surface area contributed by atoms with E-state index in [1.807, 2.05) is 6.92 Å². The van der Waals surface area contributed by atoms with Gasteiger partial charge in [0.25, 0.3) is 15.9 Å². The van der Waals surface area contributed by atoms with Gasteiger partial charge in [0.2, 0.25) is 0 Å². The first-order valence-corrected chi connectivity index (χ1v) is 12.7. The highest BCUT2D eigenvalue weighted by Crippen LogP contribution is 2.28. The Morgan fingerprint density at radius 2 is 1.88 bits per heavy atom. The molecular weight excluding hydrogens is 503 g/mol. The summed E-state index contributed by atoms with van der Waals surface area (Å²) >= 11 is 13.1. The highest BCUT2D eigenvalue weighted by atomic mass is 35.5. The third-order valence-electron chi connectivity index (χ3n) is 4.96. The minimum absolute atomic E-state index is 0.00467. The number of carbonyl (C=O) groups excluding carboxylic acids is 1. The smallest absolute Gasteiger partial charge is 0.264 e. The van der Waals surface area contributed by atoms with Crippen LogP contribution in [0.4, 0.5) is 5.69 Å². The zero-order valence-corrected chi connectivity index (χ0v) is 20.7.